The summed E-state index contributed by atoms with van der Waals surface area (Å²) in [5.41, 5.74) is 1.66. The summed E-state index contributed by atoms with van der Waals surface area (Å²) >= 11 is 0. The van der Waals surface area contributed by atoms with Crippen molar-refractivity contribution in [3.05, 3.63) is 118 Å². The Hall–Kier alpha value is -5.24. The van der Waals surface area contributed by atoms with Crippen LogP contribution >= 0.6 is 0 Å². The van der Waals surface area contributed by atoms with Gasteiger partial charge in [-0.3, -0.25) is 9.59 Å². The van der Waals surface area contributed by atoms with Gasteiger partial charge in [-0.25, -0.2) is 9.59 Å². The van der Waals surface area contributed by atoms with E-state index < -0.39 is 11.9 Å². The SMILES string of the molecule is CC(=O)c1cc(Oc2ccc(C(C)(C)c3ccc(Oc4ccc(C(=O)O)c(C(C)=O)c4)cc3)cc2)ccc1C(=O)O. The summed E-state index contributed by atoms with van der Waals surface area (Å²) in [6.07, 6.45) is 0. The highest BCUT2D eigenvalue weighted by Crippen LogP contribution is 2.35. The number of Topliss-reactive ketones (excluding diaryl/α,β-unsaturated/α-hetero) is 2. The molecule has 0 bridgehead atoms. The molecular weight excluding hydrogens is 524 g/mol. The molecule has 0 amide bonds. The van der Waals surface area contributed by atoms with Gasteiger partial charge in [0, 0.05) is 16.5 Å². The van der Waals surface area contributed by atoms with E-state index in [9.17, 15) is 29.4 Å². The Morgan fingerprint density at radius 3 is 1.12 bits per heavy atom. The Morgan fingerprint density at radius 1 is 0.512 bits per heavy atom. The van der Waals surface area contributed by atoms with E-state index in [1.165, 1.54) is 50.2 Å². The van der Waals surface area contributed by atoms with Gasteiger partial charge in [-0.05, 0) is 85.6 Å². The van der Waals surface area contributed by atoms with Gasteiger partial charge in [-0.15, -0.1) is 0 Å². The normalized spacial score (nSPS) is 11.0. The van der Waals surface area contributed by atoms with Crippen LogP contribution in [0, 0.1) is 0 Å². The molecule has 0 atom stereocenters. The molecule has 4 aromatic rings. The van der Waals surface area contributed by atoms with E-state index in [4.69, 9.17) is 9.47 Å². The summed E-state index contributed by atoms with van der Waals surface area (Å²) < 4.78 is 11.8. The fourth-order valence-electron chi connectivity index (χ4n) is 4.45. The molecule has 8 heteroatoms. The van der Waals surface area contributed by atoms with Crippen molar-refractivity contribution in [3.63, 3.8) is 0 Å². The van der Waals surface area contributed by atoms with Gasteiger partial charge < -0.3 is 19.7 Å². The predicted molar refractivity (Wildman–Crippen MR) is 152 cm³/mol. The van der Waals surface area contributed by atoms with Gasteiger partial charge in [0.1, 0.15) is 23.0 Å². The third-order valence-electron chi connectivity index (χ3n) is 6.82. The van der Waals surface area contributed by atoms with Crippen molar-refractivity contribution in [2.45, 2.75) is 33.1 Å². The highest BCUT2D eigenvalue weighted by atomic mass is 16.5. The van der Waals surface area contributed by atoms with Crippen molar-refractivity contribution in [1.29, 1.82) is 0 Å². The van der Waals surface area contributed by atoms with Crippen LogP contribution in [0.15, 0.2) is 84.9 Å². The van der Waals surface area contributed by atoms with Crippen LogP contribution in [0.25, 0.3) is 0 Å². The number of carboxylic acid groups (broad SMARTS) is 2. The maximum atomic E-state index is 11.9. The van der Waals surface area contributed by atoms with Crippen molar-refractivity contribution in [2.75, 3.05) is 0 Å². The van der Waals surface area contributed by atoms with Crippen LogP contribution < -0.4 is 9.47 Å². The zero-order valence-electron chi connectivity index (χ0n) is 22.9. The van der Waals surface area contributed by atoms with Gasteiger partial charge in [0.15, 0.2) is 11.6 Å². The number of ketones is 2. The van der Waals surface area contributed by atoms with Crippen LogP contribution in [0.4, 0.5) is 0 Å². The lowest BCUT2D eigenvalue weighted by Crippen LogP contribution is -2.18. The first-order valence-corrected chi connectivity index (χ1v) is 12.7. The molecule has 0 radical (unpaired) electrons. The Bertz CT molecular complexity index is 1530. The number of carbonyl (C=O) groups excluding carboxylic acids is 2. The molecule has 0 heterocycles. The number of ether oxygens (including phenoxy) is 2. The second-order valence-electron chi connectivity index (χ2n) is 10.0. The first-order valence-electron chi connectivity index (χ1n) is 12.7. The third kappa shape index (κ3) is 6.33. The lowest BCUT2D eigenvalue weighted by atomic mass is 9.78. The fraction of sp³-hybridized carbons (Fsp3) is 0.152. The number of carboxylic acids is 2. The Kier molecular flexibility index (Phi) is 8.05. The van der Waals surface area contributed by atoms with Crippen LogP contribution in [0.3, 0.4) is 0 Å². The molecule has 0 saturated carbocycles. The van der Waals surface area contributed by atoms with Crippen LogP contribution in [0.1, 0.15) is 80.3 Å². The Labute approximate surface area is 236 Å². The minimum Gasteiger partial charge on any atom is -0.478 e. The zero-order valence-corrected chi connectivity index (χ0v) is 22.9. The topological polar surface area (TPSA) is 127 Å². The van der Waals surface area contributed by atoms with Gasteiger partial charge in [0.05, 0.1) is 11.1 Å². The molecule has 208 valence electrons. The molecule has 8 nitrogen and oxygen atoms in total. The first kappa shape index (κ1) is 28.8. The standard InChI is InChI=1S/C33H28O8/c1-19(34)29-17-25(13-15-27(29)31(36)37)40-23-9-5-21(6-10-23)33(3,4)22-7-11-24(12-8-22)41-26-14-16-28(32(38)39)30(18-26)20(2)35/h5-18H,1-4H3,(H,36,37)(H,38,39). The summed E-state index contributed by atoms with van der Waals surface area (Å²) in [7, 11) is 0. The maximum absolute atomic E-state index is 11.9. The van der Waals surface area contributed by atoms with Gasteiger partial charge in [-0.1, -0.05) is 38.1 Å². The molecule has 0 aliphatic carbocycles. The highest BCUT2D eigenvalue weighted by molar-refractivity contribution is 6.05. The number of rotatable bonds is 10. The molecule has 41 heavy (non-hydrogen) atoms. The molecule has 4 rings (SSSR count). The zero-order chi connectivity index (χ0) is 29.9. The van der Waals surface area contributed by atoms with E-state index in [-0.39, 0.29) is 39.2 Å². The van der Waals surface area contributed by atoms with Gasteiger partial charge in [0.2, 0.25) is 0 Å². The summed E-state index contributed by atoms with van der Waals surface area (Å²) in [6.45, 7) is 6.77. The predicted octanol–water partition coefficient (Wildman–Crippen LogP) is 7.40. The summed E-state index contributed by atoms with van der Waals surface area (Å²) in [5, 5.41) is 18.6. The van der Waals surface area contributed by atoms with Gasteiger partial charge in [-0.2, -0.15) is 0 Å². The average Bonchev–Trinajstić information content (AvgIpc) is 2.93. The monoisotopic (exact) mass is 552 g/mol. The number of aromatic carboxylic acids is 2. The molecule has 0 saturated heterocycles. The van der Waals surface area contributed by atoms with Crippen molar-refractivity contribution < 1.29 is 38.9 Å². The minimum absolute atomic E-state index is 0.0738. The second-order valence-corrected chi connectivity index (χ2v) is 10.0. The van der Waals surface area contributed by atoms with E-state index in [1.54, 1.807) is 24.3 Å². The first-order chi connectivity index (χ1) is 19.4. The molecule has 2 N–H and O–H groups in total. The smallest absolute Gasteiger partial charge is 0.336 e. The molecule has 0 aliphatic rings. The van der Waals surface area contributed by atoms with E-state index in [2.05, 4.69) is 13.8 Å². The summed E-state index contributed by atoms with van der Waals surface area (Å²) in [5.74, 6) is -1.30. The number of hydrogen-bond acceptors (Lipinski definition) is 6. The summed E-state index contributed by atoms with van der Waals surface area (Å²) in [6, 6.07) is 23.5. The molecule has 0 aromatic heterocycles. The van der Waals surface area contributed by atoms with Crippen LogP contribution in [-0.2, 0) is 5.41 Å². The fourth-order valence-corrected chi connectivity index (χ4v) is 4.45. The van der Waals surface area contributed by atoms with Gasteiger partial charge in [0.25, 0.3) is 0 Å². The third-order valence-corrected chi connectivity index (χ3v) is 6.82. The van der Waals surface area contributed by atoms with Crippen LogP contribution in [0.2, 0.25) is 0 Å². The van der Waals surface area contributed by atoms with E-state index in [0.717, 1.165) is 11.1 Å². The Morgan fingerprint density at radius 2 is 0.829 bits per heavy atom. The van der Waals surface area contributed by atoms with E-state index >= 15 is 0 Å². The van der Waals surface area contributed by atoms with E-state index in [1.807, 2.05) is 24.3 Å². The molecular formula is C33H28O8. The number of benzene rings is 4. The largest absolute Gasteiger partial charge is 0.478 e. The minimum atomic E-state index is -1.18. The van der Waals surface area contributed by atoms with Crippen LogP contribution in [0.5, 0.6) is 23.0 Å². The number of hydrogen-bond donors (Lipinski definition) is 2. The summed E-state index contributed by atoms with van der Waals surface area (Å²) in [4.78, 5) is 46.5. The molecule has 0 spiro atoms. The molecule has 0 unspecified atom stereocenters. The van der Waals surface area contributed by atoms with Crippen molar-refractivity contribution in [2.24, 2.45) is 0 Å². The quantitative estimate of drug-likeness (QED) is 0.195. The Balaban J connectivity index is 1.49. The van der Waals surface area contributed by atoms with E-state index in [0.29, 0.717) is 23.0 Å². The lowest BCUT2D eigenvalue weighted by Gasteiger charge is -2.26. The van der Waals surface area contributed by atoms with Gasteiger partial charge >= 0.3 is 11.9 Å². The van der Waals surface area contributed by atoms with Crippen LogP contribution in [-0.4, -0.2) is 33.7 Å². The molecule has 4 aromatic carbocycles. The molecule has 0 fully saturated rings. The van der Waals surface area contributed by atoms with Crippen molar-refractivity contribution in [1.82, 2.24) is 0 Å². The number of carbonyl (C=O) groups is 4. The second kappa shape index (κ2) is 11.5. The van der Waals surface area contributed by atoms with Crippen molar-refractivity contribution >= 4 is 23.5 Å². The molecule has 0 aliphatic heterocycles. The highest BCUT2D eigenvalue weighted by Gasteiger charge is 2.23. The average molecular weight is 553 g/mol. The van der Waals surface area contributed by atoms with Crippen molar-refractivity contribution in [3.8, 4) is 23.0 Å². The lowest BCUT2D eigenvalue weighted by molar-refractivity contribution is 0.0683. The maximum Gasteiger partial charge on any atom is 0.336 e.